The van der Waals surface area contributed by atoms with Crippen LogP contribution in [0.2, 0.25) is 0 Å². The zero-order chi connectivity index (χ0) is 21.3. The molecular weight excluding hydrogens is 354 g/mol. The first kappa shape index (κ1) is 18.1. The second-order valence-corrected chi connectivity index (χ2v) is 6.42. The highest BCUT2D eigenvalue weighted by Gasteiger charge is 2.22. The SMILES string of the molecule is [2H]c1cc(C)c(-c2cc(C(=O)OCC)nc3c2c(C#N)cn3CC)c(C)c1OC. The van der Waals surface area contributed by atoms with Crippen molar-refractivity contribution >= 4 is 17.0 Å². The van der Waals surface area contributed by atoms with E-state index in [4.69, 9.17) is 10.8 Å². The molecule has 0 saturated heterocycles. The van der Waals surface area contributed by atoms with E-state index >= 15 is 0 Å². The van der Waals surface area contributed by atoms with Gasteiger partial charge in [-0.05, 0) is 62.1 Å². The fraction of sp³-hybridized carbons (Fsp3) is 0.318. The first-order valence-corrected chi connectivity index (χ1v) is 9.14. The Kier molecular flexibility index (Phi) is 4.98. The molecule has 28 heavy (non-hydrogen) atoms. The van der Waals surface area contributed by atoms with Gasteiger partial charge in [-0.15, -0.1) is 0 Å². The third kappa shape index (κ3) is 3.09. The van der Waals surface area contributed by atoms with Crippen molar-refractivity contribution in [1.29, 1.82) is 5.26 Å². The highest BCUT2D eigenvalue weighted by molar-refractivity contribution is 6.03. The van der Waals surface area contributed by atoms with Crippen molar-refractivity contribution in [2.45, 2.75) is 34.2 Å². The number of hydrogen-bond donors (Lipinski definition) is 0. The minimum absolute atomic E-state index is 0.180. The van der Waals surface area contributed by atoms with Gasteiger partial charge in [0, 0.05) is 18.1 Å². The zero-order valence-corrected chi connectivity index (χ0v) is 16.7. The van der Waals surface area contributed by atoms with Gasteiger partial charge in [0.15, 0.2) is 5.69 Å². The standard InChI is InChI=1S/C22H23N3O3/c1-6-25-12-15(11-23)20-16(10-17(24-21(20)25)22(26)28-7-2)19-13(3)8-9-18(27-5)14(19)4/h8-10,12H,6-7H2,1-5H3/i9D. The molecule has 6 heteroatoms. The van der Waals surface area contributed by atoms with Crippen LogP contribution in [0.15, 0.2) is 24.4 Å². The Morgan fingerprint density at radius 1 is 1.39 bits per heavy atom. The van der Waals surface area contributed by atoms with Gasteiger partial charge in [-0.1, -0.05) is 6.07 Å². The van der Waals surface area contributed by atoms with Crippen LogP contribution in [-0.4, -0.2) is 29.2 Å². The molecule has 0 saturated carbocycles. The summed E-state index contributed by atoms with van der Waals surface area (Å²) >= 11 is 0. The predicted molar refractivity (Wildman–Crippen MR) is 108 cm³/mol. The van der Waals surface area contributed by atoms with E-state index in [1.54, 1.807) is 25.3 Å². The number of carbonyl (C=O) groups excluding carboxylic acids is 1. The van der Waals surface area contributed by atoms with Crippen molar-refractivity contribution < 1.29 is 15.6 Å². The third-order valence-corrected chi connectivity index (χ3v) is 4.78. The van der Waals surface area contributed by atoms with Crippen LogP contribution in [0.3, 0.4) is 0 Å². The number of nitrogens with zero attached hydrogens (tertiary/aromatic N) is 3. The van der Waals surface area contributed by atoms with Gasteiger partial charge in [0.1, 0.15) is 17.5 Å². The van der Waals surface area contributed by atoms with Crippen LogP contribution >= 0.6 is 0 Å². The Bertz CT molecular complexity index is 1160. The Morgan fingerprint density at radius 2 is 2.14 bits per heavy atom. The molecule has 0 amide bonds. The van der Waals surface area contributed by atoms with E-state index in [0.717, 1.165) is 16.7 Å². The molecule has 0 bridgehead atoms. The molecule has 2 heterocycles. The molecule has 0 aliphatic heterocycles. The number of pyridine rings is 1. The summed E-state index contributed by atoms with van der Waals surface area (Å²) in [4.78, 5) is 17.0. The van der Waals surface area contributed by atoms with Crippen LogP contribution in [0.25, 0.3) is 22.2 Å². The average molecular weight is 378 g/mol. The Balaban J connectivity index is 2.48. The largest absolute Gasteiger partial charge is 0.496 e. The van der Waals surface area contributed by atoms with Crippen molar-refractivity contribution in [3.8, 4) is 22.9 Å². The fourth-order valence-corrected chi connectivity index (χ4v) is 3.51. The van der Waals surface area contributed by atoms with Gasteiger partial charge in [0.2, 0.25) is 0 Å². The van der Waals surface area contributed by atoms with Crippen molar-refractivity contribution in [2.24, 2.45) is 0 Å². The third-order valence-electron chi connectivity index (χ3n) is 4.78. The van der Waals surface area contributed by atoms with E-state index < -0.39 is 5.97 Å². The van der Waals surface area contributed by atoms with Crippen molar-refractivity contribution in [3.05, 3.63) is 46.8 Å². The lowest BCUT2D eigenvalue weighted by Crippen LogP contribution is -2.09. The summed E-state index contributed by atoms with van der Waals surface area (Å²) in [6, 6.07) is 5.92. The molecule has 1 aromatic carbocycles. The van der Waals surface area contributed by atoms with Gasteiger partial charge in [0.05, 0.1) is 20.7 Å². The molecule has 0 aliphatic carbocycles. The minimum Gasteiger partial charge on any atom is -0.496 e. The lowest BCUT2D eigenvalue weighted by Gasteiger charge is -2.16. The normalized spacial score (nSPS) is 11.2. The highest BCUT2D eigenvalue weighted by atomic mass is 16.5. The summed E-state index contributed by atoms with van der Waals surface area (Å²) in [6.07, 6.45) is 1.75. The highest BCUT2D eigenvalue weighted by Crippen LogP contribution is 2.39. The molecule has 0 N–H and O–H groups in total. The molecule has 0 radical (unpaired) electrons. The number of hydrogen-bond acceptors (Lipinski definition) is 5. The molecule has 3 rings (SSSR count). The van der Waals surface area contributed by atoms with E-state index in [1.807, 2.05) is 25.3 Å². The Labute approximate surface area is 165 Å². The van der Waals surface area contributed by atoms with E-state index in [-0.39, 0.29) is 18.3 Å². The van der Waals surface area contributed by atoms with Crippen molar-refractivity contribution in [3.63, 3.8) is 0 Å². The van der Waals surface area contributed by atoms with E-state index in [0.29, 0.717) is 34.5 Å². The molecule has 0 atom stereocenters. The summed E-state index contributed by atoms with van der Waals surface area (Å²) in [7, 11) is 1.53. The Hall–Kier alpha value is -3.33. The first-order valence-electron chi connectivity index (χ1n) is 9.64. The average Bonchev–Trinajstić information content (AvgIpc) is 3.06. The lowest BCUT2D eigenvalue weighted by atomic mass is 9.92. The molecule has 144 valence electrons. The molecule has 6 nitrogen and oxygen atoms in total. The molecule has 0 aliphatic rings. The number of aryl methyl sites for hydroxylation is 2. The zero-order valence-electron chi connectivity index (χ0n) is 17.7. The molecular formula is C22H23N3O3. The maximum atomic E-state index is 12.5. The van der Waals surface area contributed by atoms with Crippen LogP contribution < -0.4 is 4.74 Å². The van der Waals surface area contributed by atoms with Crippen LogP contribution in [0.4, 0.5) is 0 Å². The van der Waals surface area contributed by atoms with E-state index in [1.165, 1.54) is 7.11 Å². The number of fused-ring (bicyclic) bond motifs is 1. The maximum Gasteiger partial charge on any atom is 0.357 e. The number of rotatable bonds is 5. The number of carbonyl (C=O) groups is 1. The second-order valence-electron chi connectivity index (χ2n) is 6.42. The van der Waals surface area contributed by atoms with Crippen LogP contribution in [0.1, 0.15) is 42.4 Å². The molecule has 0 spiro atoms. The van der Waals surface area contributed by atoms with Gasteiger partial charge in [-0.2, -0.15) is 5.26 Å². The number of esters is 1. The summed E-state index contributed by atoms with van der Waals surface area (Å²) < 4.78 is 20.6. The minimum atomic E-state index is -0.516. The number of methoxy groups -OCH3 is 1. The number of benzene rings is 1. The van der Waals surface area contributed by atoms with E-state index in [9.17, 15) is 10.1 Å². The number of aromatic nitrogens is 2. The number of ether oxygens (including phenoxy) is 2. The lowest BCUT2D eigenvalue weighted by molar-refractivity contribution is 0.0520. The Morgan fingerprint density at radius 3 is 2.75 bits per heavy atom. The quantitative estimate of drug-likeness (QED) is 0.615. The monoisotopic (exact) mass is 378 g/mol. The predicted octanol–water partition coefficient (Wildman–Crippen LogP) is 4.40. The van der Waals surface area contributed by atoms with E-state index in [2.05, 4.69) is 11.1 Å². The maximum absolute atomic E-state index is 12.5. The molecule has 0 unspecified atom stereocenters. The van der Waals surface area contributed by atoms with Gasteiger partial charge in [0.25, 0.3) is 0 Å². The summed E-state index contributed by atoms with van der Waals surface area (Å²) in [5.41, 5.74) is 4.36. The smallest absolute Gasteiger partial charge is 0.357 e. The van der Waals surface area contributed by atoms with Crippen molar-refractivity contribution in [2.75, 3.05) is 13.7 Å². The summed E-state index contributed by atoms with van der Waals surface area (Å²) in [5, 5.41) is 10.4. The topological polar surface area (TPSA) is 77.1 Å². The summed E-state index contributed by atoms with van der Waals surface area (Å²) in [5.74, 6) is -0.0564. The van der Waals surface area contributed by atoms with Gasteiger partial charge < -0.3 is 14.0 Å². The molecule has 2 aromatic heterocycles. The van der Waals surface area contributed by atoms with Crippen LogP contribution in [0.5, 0.6) is 5.75 Å². The van der Waals surface area contributed by atoms with Gasteiger partial charge in [-0.3, -0.25) is 0 Å². The second kappa shape index (κ2) is 7.73. The van der Waals surface area contributed by atoms with Gasteiger partial charge in [-0.25, -0.2) is 9.78 Å². The van der Waals surface area contributed by atoms with Crippen LogP contribution in [0, 0.1) is 25.2 Å². The number of nitriles is 1. The fourth-order valence-electron chi connectivity index (χ4n) is 3.51. The molecule has 0 fully saturated rings. The first-order chi connectivity index (χ1) is 13.9. The van der Waals surface area contributed by atoms with Gasteiger partial charge >= 0.3 is 5.97 Å². The van der Waals surface area contributed by atoms with Crippen molar-refractivity contribution in [1.82, 2.24) is 9.55 Å². The van der Waals surface area contributed by atoms with Crippen LogP contribution in [-0.2, 0) is 11.3 Å². The molecule has 3 aromatic rings. The summed E-state index contributed by atoms with van der Waals surface area (Å²) in [6.45, 7) is 8.31.